The Kier molecular flexibility index (Phi) is 17.2. The van der Waals surface area contributed by atoms with Gasteiger partial charge in [0.1, 0.15) is 5.58 Å². The standard InChI is InChI=1S/C25H31NO.C24H30N2O.C22H28N2O.C21H26N2O/c1-17-12-13-20-19-10-6-7-11-21(19)27-23(20)22(17)26-18(2)25(16-24(26,3)4)14-8-5-9-15-25;1-16-10-11-18-19-9-8-14-25-22(19)27-21(18)20(16)26-17(2)24(15-23(26,3)4)12-6-5-7-13-24;1-13-8-10-16-17-11-9-14(2)23-20(17)25-19(16)18(13)24-15(3)21(4,5)12-22(24,6)7;1-13-9-10-15-16-8-7-11-22-19(16)24-18(15)17(13)23-14(2)20(3,4)12-21(23,5)6/h6-7,10-13,18H,5,8-9,14-16H2,1-4H3;8-11,14,17H,5-7,12-13,15H2,1-4H3;8-11,15H,12H2,1-7H3;7-11,14H,12H2,1-6H3. The number of hydrogen-bond donors (Lipinski definition) is 0. The van der Waals surface area contributed by atoms with Crippen LogP contribution >= 0.6 is 0 Å². The van der Waals surface area contributed by atoms with Crippen molar-refractivity contribution in [1.82, 2.24) is 15.0 Å². The summed E-state index contributed by atoms with van der Waals surface area (Å²) >= 11 is 0. The SMILES string of the molecule is Cc1ccc2c(n1)oc1c(N3C(C)C(C)(C)CC3(C)C)c(C)ccc12.Cc1ccc2c(oc3ccccc32)c1N1C(C)C2(CCCCC2)CC1(C)C.Cc1ccc2c(oc3ncccc32)c1N1C(C)C(C)(C)CC1(C)C.Cc1ccc2c(oc3ncccc32)c1N1C(C)C2(CCCCC2)CC1(C)C. The third-order valence-electron chi connectivity index (χ3n) is 26.9. The second kappa shape index (κ2) is 25.1. The highest BCUT2D eigenvalue weighted by Crippen LogP contribution is 2.60. The van der Waals surface area contributed by atoms with E-state index in [1.54, 1.807) is 6.20 Å². The van der Waals surface area contributed by atoms with Crippen molar-refractivity contribution in [2.24, 2.45) is 21.7 Å². The molecule has 11 heterocycles. The number of furan rings is 4. The van der Waals surface area contributed by atoms with Crippen LogP contribution in [-0.2, 0) is 0 Å². The van der Waals surface area contributed by atoms with Gasteiger partial charge in [0.2, 0.25) is 17.1 Å². The van der Waals surface area contributed by atoms with Gasteiger partial charge in [-0.2, -0.15) is 0 Å². The molecule has 103 heavy (non-hydrogen) atoms. The van der Waals surface area contributed by atoms with Crippen LogP contribution in [0.15, 0.2) is 139 Å². The molecule has 4 unspecified atom stereocenters. The normalized spacial score (nSPS) is 23.4. The van der Waals surface area contributed by atoms with Crippen LogP contribution in [0.25, 0.3) is 88.1 Å². The van der Waals surface area contributed by atoms with Crippen molar-refractivity contribution in [2.75, 3.05) is 19.6 Å². The lowest BCUT2D eigenvalue weighted by Crippen LogP contribution is -2.44. The van der Waals surface area contributed by atoms with Crippen molar-refractivity contribution < 1.29 is 17.7 Å². The molecule has 4 atom stereocenters. The number of rotatable bonds is 4. The van der Waals surface area contributed by atoms with Crippen molar-refractivity contribution in [3.8, 4) is 0 Å². The lowest BCUT2D eigenvalue weighted by molar-refractivity contribution is 0.170. The molecular weight excluding hydrogens is 1270 g/mol. The second-order valence-corrected chi connectivity index (χ2v) is 36.8. The molecule has 2 spiro atoms. The summed E-state index contributed by atoms with van der Waals surface area (Å²) in [6.07, 6.45) is 22.3. The zero-order chi connectivity index (χ0) is 73.0. The number of benzene rings is 5. The first-order chi connectivity index (χ1) is 48.7. The van der Waals surface area contributed by atoms with Crippen molar-refractivity contribution in [1.29, 1.82) is 0 Å². The Hall–Kier alpha value is -8.05. The predicted molar refractivity (Wildman–Crippen MR) is 433 cm³/mol. The highest BCUT2D eigenvalue weighted by molar-refractivity contribution is 6.12. The molecule has 7 aromatic heterocycles. The Morgan fingerprint density at radius 3 is 1.03 bits per heavy atom. The number of para-hydroxylation sites is 1. The van der Waals surface area contributed by atoms with E-state index in [4.69, 9.17) is 17.7 Å². The van der Waals surface area contributed by atoms with E-state index < -0.39 is 0 Å². The summed E-state index contributed by atoms with van der Waals surface area (Å²) in [5, 5.41) is 9.30. The molecule has 6 aliphatic rings. The fraction of sp³-hybridized carbons (Fsp3) is 0.511. The topological polar surface area (TPSA) is 104 Å². The molecule has 0 N–H and O–H groups in total. The third kappa shape index (κ3) is 11.6. The van der Waals surface area contributed by atoms with E-state index in [2.05, 4.69) is 270 Å². The van der Waals surface area contributed by atoms with Gasteiger partial charge in [-0.25, -0.2) is 15.0 Å². The van der Waals surface area contributed by atoms with Gasteiger partial charge in [0.15, 0.2) is 22.3 Å². The van der Waals surface area contributed by atoms with Crippen LogP contribution in [0.5, 0.6) is 0 Å². The van der Waals surface area contributed by atoms with Gasteiger partial charge in [0, 0.05) is 108 Å². The van der Waals surface area contributed by atoms with E-state index in [-0.39, 0.29) is 33.0 Å². The van der Waals surface area contributed by atoms with Crippen molar-refractivity contribution in [2.45, 2.75) is 282 Å². The molecule has 12 aromatic rings. The molecule has 11 heteroatoms. The zero-order valence-electron chi connectivity index (χ0n) is 66.0. The number of aryl methyl sites for hydroxylation is 5. The summed E-state index contributed by atoms with van der Waals surface area (Å²) in [4.78, 5) is 24.1. The minimum absolute atomic E-state index is 0.0876. The minimum atomic E-state index is 0.0876. The monoisotopic (exact) mass is 1380 g/mol. The van der Waals surface area contributed by atoms with E-state index in [9.17, 15) is 0 Å². The minimum Gasteiger partial charge on any atom is -0.454 e. The molecule has 0 bridgehead atoms. The molecule has 542 valence electrons. The molecular formula is C92H115N7O4. The molecule has 5 aromatic carbocycles. The molecule has 2 aliphatic carbocycles. The molecule has 11 nitrogen and oxygen atoms in total. The second-order valence-electron chi connectivity index (χ2n) is 36.8. The Labute approximate surface area is 612 Å². The average molecular weight is 1380 g/mol. The van der Waals surface area contributed by atoms with Gasteiger partial charge in [0.25, 0.3) is 0 Å². The molecule has 4 saturated heterocycles. The third-order valence-corrected chi connectivity index (χ3v) is 26.9. The first-order valence-corrected chi connectivity index (χ1v) is 39.1. The smallest absolute Gasteiger partial charge is 0.227 e. The number of nitrogens with zero attached hydrogens (tertiary/aromatic N) is 7. The van der Waals surface area contributed by atoms with Gasteiger partial charge < -0.3 is 37.3 Å². The molecule has 0 radical (unpaired) electrons. The van der Waals surface area contributed by atoms with Gasteiger partial charge in [0.05, 0.1) is 22.7 Å². The van der Waals surface area contributed by atoms with Crippen LogP contribution in [0, 0.1) is 56.3 Å². The van der Waals surface area contributed by atoms with Crippen LogP contribution in [0.1, 0.15) is 229 Å². The van der Waals surface area contributed by atoms with Crippen molar-refractivity contribution >= 4 is 111 Å². The first-order valence-electron chi connectivity index (χ1n) is 39.1. The number of pyridine rings is 3. The van der Waals surface area contributed by atoms with E-state index >= 15 is 0 Å². The van der Waals surface area contributed by atoms with Crippen LogP contribution < -0.4 is 19.6 Å². The lowest BCUT2D eigenvalue weighted by atomic mass is 9.68. The fourth-order valence-electron chi connectivity index (χ4n) is 22.4. The number of anilines is 4. The summed E-state index contributed by atoms with van der Waals surface area (Å²) in [5.74, 6) is 0. The summed E-state index contributed by atoms with van der Waals surface area (Å²) in [6.45, 7) is 49.1. The van der Waals surface area contributed by atoms with Gasteiger partial charge in [-0.1, -0.05) is 133 Å². The number of hydrogen-bond acceptors (Lipinski definition) is 11. The number of aromatic nitrogens is 3. The van der Waals surface area contributed by atoms with E-state index in [1.165, 1.54) is 138 Å². The molecule has 4 aliphatic heterocycles. The van der Waals surface area contributed by atoms with Crippen LogP contribution in [-0.4, -0.2) is 61.3 Å². The van der Waals surface area contributed by atoms with Crippen molar-refractivity contribution in [3.63, 3.8) is 0 Å². The molecule has 0 amide bonds. The maximum atomic E-state index is 6.45. The van der Waals surface area contributed by atoms with E-state index in [0.29, 0.717) is 35.0 Å². The van der Waals surface area contributed by atoms with Crippen LogP contribution in [0.4, 0.5) is 22.7 Å². The highest BCUT2D eigenvalue weighted by Gasteiger charge is 2.57. The predicted octanol–water partition coefficient (Wildman–Crippen LogP) is 25.5. The maximum Gasteiger partial charge on any atom is 0.227 e. The highest BCUT2D eigenvalue weighted by atomic mass is 16.4. The van der Waals surface area contributed by atoms with Gasteiger partial charge in [-0.05, 0) is 255 Å². The average Bonchev–Trinajstić information content (AvgIpc) is 1.58. The Morgan fingerprint density at radius 2 is 0.641 bits per heavy atom. The van der Waals surface area contributed by atoms with E-state index in [1.807, 2.05) is 25.3 Å². The first kappa shape index (κ1) is 70.6. The maximum absolute atomic E-state index is 6.45. The van der Waals surface area contributed by atoms with Crippen molar-refractivity contribution in [3.05, 3.63) is 150 Å². The summed E-state index contributed by atoms with van der Waals surface area (Å²) < 4.78 is 25.3. The summed E-state index contributed by atoms with van der Waals surface area (Å²) in [7, 11) is 0. The Bertz CT molecular complexity index is 5060. The van der Waals surface area contributed by atoms with Gasteiger partial charge in [-0.3, -0.25) is 0 Å². The molecule has 2 saturated carbocycles. The molecule has 6 fully saturated rings. The van der Waals surface area contributed by atoms with Gasteiger partial charge in [-0.15, -0.1) is 0 Å². The lowest BCUT2D eigenvalue weighted by Gasteiger charge is -2.41. The van der Waals surface area contributed by atoms with Gasteiger partial charge >= 0.3 is 0 Å². The fourth-order valence-corrected chi connectivity index (χ4v) is 22.4. The van der Waals surface area contributed by atoms with E-state index in [0.717, 1.165) is 90.5 Å². The Balaban J connectivity index is 0.000000111. The summed E-state index contributed by atoms with van der Waals surface area (Å²) in [5.41, 5.74) is 20.3. The number of fused-ring (bicyclic) bond motifs is 12. The quantitative estimate of drug-likeness (QED) is 0.168. The van der Waals surface area contributed by atoms with Crippen LogP contribution in [0.2, 0.25) is 0 Å². The van der Waals surface area contributed by atoms with Crippen LogP contribution in [0.3, 0.4) is 0 Å². The zero-order valence-corrected chi connectivity index (χ0v) is 66.0. The summed E-state index contributed by atoms with van der Waals surface area (Å²) in [6, 6.07) is 40.5. The largest absolute Gasteiger partial charge is 0.454 e. The Morgan fingerprint density at radius 1 is 0.320 bits per heavy atom. The molecule has 18 rings (SSSR count).